The maximum Gasteiger partial charge on any atom is 0.335 e. The quantitative estimate of drug-likeness (QED) is 0.552. The molecule has 0 radical (unpaired) electrons. The number of nitrogens with zero attached hydrogens (tertiary/aromatic N) is 2. The second-order valence-electron chi connectivity index (χ2n) is 5.30. The zero-order valence-corrected chi connectivity index (χ0v) is 16.0. The number of hydrogen-bond acceptors (Lipinski definition) is 4. The molecule has 132 valence electrons. The van der Waals surface area contributed by atoms with Crippen LogP contribution in [-0.2, 0) is 9.59 Å². The molecule has 3 rings (SSSR count). The van der Waals surface area contributed by atoms with Gasteiger partial charge in [0.05, 0.1) is 16.4 Å². The van der Waals surface area contributed by atoms with E-state index in [1.165, 1.54) is 18.3 Å². The topological polar surface area (TPSA) is 78.8 Å². The van der Waals surface area contributed by atoms with Gasteiger partial charge in [0.1, 0.15) is 0 Å². The number of barbiturate groups is 1. The third-order valence-electron chi connectivity index (χ3n) is 3.56. The molecule has 2 aromatic carbocycles. The van der Waals surface area contributed by atoms with Crippen molar-refractivity contribution >= 4 is 74.6 Å². The number of anilines is 1. The Balaban J connectivity index is 1.90. The van der Waals surface area contributed by atoms with E-state index >= 15 is 0 Å². The van der Waals surface area contributed by atoms with Crippen LogP contribution in [0.25, 0.3) is 0 Å². The number of benzene rings is 2. The molecular weight excluding hydrogens is 445 g/mol. The molecule has 1 aliphatic heterocycles. The van der Waals surface area contributed by atoms with Crippen LogP contribution in [0.15, 0.2) is 51.9 Å². The van der Waals surface area contributed by atoms with E-state index in [4.69, 9.17) is 23.2 Å². The molecule has 1 fully saturated rings. The second kappa shape index (κ2) is 7.57. The summed E-state index contributed by atoms with van der Waals surface area (Å²) in [7, 11) is 0. The van der Waals surface area contributed by atoms with Crippen LogP contribution in [0.1, 0.15) is 0 Å². The summed E-state index contributed by atoms with van der Waals surface area (Å²) < 4.78 is 0.771. The first kappa shape index (κ1) is 18.6. The molecule has 0 bridgehead atoms. The maximum absolute atomic E-state index is 12.7. The van der Waals surface area contributed by atoms with Crippen LogP contribution in [0.2, 0.25) is 10.0 Å². The van der Waals surface area contributed by atoms with Crippen molar-refractivity contribution in [1.29, 1.82) is 0 Å². The van der Waals surface area contributed by atoms with Crippen LogP contribution in [-0.4, -0.2) is 24.1 Å². The molecule has 1 atom stereocenters. The monoisotopic (exact) mass is 453 g/mol. The minimum Gasteiger partial charge on any atom is -0.276 e. The Morgan fingerprint density at radius 2 is 1.77 bits per heavy atom. The van der Waals surface area contributed by atoms with Gasteiger partial charge in [-0.3, -0.25) is 19.9 Å². The number of carbonyl (C=O) groups is 3. The highest BCUT2D eigenvalue weighted by atomic mass is 79.9. The van der Waals surface area contributed by atoms with Gasteiger partial charge in [-0.25, -0.2) is 9.69 Å². The fourth-order valence-electron chi connectivity index (χ4n) is 2.30. The smallest absolute Gasteiger partial charge is 0.276 e. The number of imide groups is 2. The summed E-state index contributed by atoms with van der Waals surface area (Å²) >= 11 is 15.2. The van der Waals surface area contributed by atoms with Gasteiger partial charge >= 0.3 is 6.03 Å². The van der Waals surface area contributed by atoms with E-state index in [1.54, 1.807) is 30.3 Å². The molecule has 0 unspecified atom stereocenters. The highest BCUT2D eigenvalue weighted by Crippen LogP contribution is 2.28. The van der Waals surface area contributed by atoms with Gasteiger partial charge in [0.15, 0.2) is 5.92 Å². The second-order valence-corrected chi connectivity index (χ2v) is 7.06. The average Bonchev–Trinajstić information content (AvgIpc) is 2.57. The summed E-state index contributed by atoms with van der Waals surface area (Å²) in [6, 6.07) is 10.3. The van der Waals surface area contributed by atoms with Crippen molar-refractivity contribution < 1.29 is 14.4 Å². The molecule has 0 spiro atoms. The van der Waals surface area contributed by atoms with E-state index in [0.717, 1.165) is 9.37 Å². The van der Waals surface area contributed by atoms with Crippen molar-refractivity contribution in [3.63, 3.8) is 0 Å². The first-order chi connectivity index (χ1) is 12.4. The van der Waals surface area contributed by atoms with Crippen molar-refractivity contribution in [2.24, 2.45) is 10.9 Å². The lowest BCUT2D eigenvalue weighted by atomic mass is 10.1. The molecular formula is C17H10BrCl2N3O3. The third kappa shape index (κ3) is 3.80. The molecule has 1 aliphatic rings. The lowest BCUT2D eigenvalue weighted by molar-refractivity contribution is -0.131. The first-order valence-electron chi connectivity index (χ1n) is 7.30. The Kier molecular flexibility index (Phi) is 5.41. The molecule has 1 heterocycles. The Morgan fingerprint density at radius 3 is 2.42 bits per heavy atom. The minimum absolute atomic E-state index is 0.296. The number of halogens is 3. The van der Waals surface area contributed by atoms with E-state index in [1.807, 2.05) is 0 Å². The molecule has 26 heavy (non-hydrogen) atoms. The molecule has 4 amide bonds. The van der Waals surface area contributed by atoms with Gasteiger partial charge < -0.3 is 0 Å². The van der Waals surface area contributed by atoms with Crippen molar-refractivity contribution in [3.05, 3.63) is 57.0 Å². The van der Waals surface area contributed by atoms with E-state index in [9.17, 15) is 14.4 Å². The average molecular weight is 455 g/mol. The van der Waals surface area contributed by atoms with Crippen LogP contribution >= 0.6 is 39.1 Å². The van der Waals surface area contributed by atoms with Gasteiger partial charge in [-0.15, -0.1) is 0 Å². The lowest BCUT2D eigenvalue weighted by Crippen LogP contribution is -2.58. The molecule has 9 heteroatoms. The molecule has 2 aromatic rings. The number of hydrogen-bond donors (Lipinski definition) is 1. The summed E-state index contributed by atoms with van der Waals surface area (Å²) in [6.07, 6.45) is 1.17. The van der Waals surface area contributed by atoms with Crippen LogP contribution in [0.5, 0.6) is 0 Å². The van der Waals surface area contributed by atoms with Gasteiger partial charge in [-0.1, -0.05) is 39.1 Å². The highest BCUT2D eigenvalue weighted by molar-refractivity contribution is 9.10. The SMILES string of the molecule is O=C1NC(=O)N(c2ccc(Cl)cc2)C(=O)[C@H]1C=Nc1ccc(Br)cc1Cl. The van der Waals surface area contributed by atoms with Crippen LogP contribution in [0.3, 0.4) is 0 Å². The Hall–Kier alpha value is -2.22. The summed E-state index contributed by atoms with van der Waals surface area (Å²) in [4.78, 5) is 41.8. The van der Waals surface area contributed by atoms with E-state index in [2.05, 4.69) is 26.2 Å². The normalized spacial score (nSPS) is 17.7. The summed E-state index contributed by atoms with van der Waals surface area (Å²) in [5.74, 6) is -2.72. The van der Waals surface area contributed by atoms with Crippen LogP contribution in [0.4, 0.5) is 16.2 Å². The van der Waals surface area contributed by atoms with Gasteiger partial charge in [0.25, 0.3) is 5.91 Å². The molecule has 1 N–H and O–H groups in total. The number of urea groups is 1. The lowest BCUT2D eigenvalue weighted by Gasteiger charge is -2.28. The number of amides is 4. The molecule has 1 saturated heterocycles. The van der Waals surface area contributed by atoms with E-state index < -0.39 is 23.8 Å². The fraction of sp³-hybridized carbons (Fsp3) is 0.0588. The highest BCUT2D eigenvalue weighted by Gasteiger charge is 2.40. The predicted octanol–water partition coefficient (Wildman–Crippen LogP) is 4.36. The fourth-order valence-corrected chi connectivity index (χ4v) is 3.15. The first-order valence-corrected chi connectivity index (χ1v) is 8.85. The zero-order chi connectivity index (χ0) is 18.8. The Morgan fingerprint density at radius 1 is 1.08 bits per heavy atom. The van der Waals surface area contributed by atoms with Gasteiger partial charge in [0.2, 0.25) is 5.91 Å². The molecule has 0 saturated carbocycles. The van der Waals surface area contributed by atoms with Gasteiger partial charge in [0, 0.05) is 15.7 Å². The van der Waals surface area contributed by atoms with E-state index in [0.29, 0.717) is 21.4 Å². The number of rotatable bonds is 3. The summed E-state index contributed by atoms with van der Waals surface area (Å²) in [5, 5.41) is 2.95. The molecule has 0 aromatic heterocycles. The van der Waals surface area contributed by atoms with Crippen molar-refractivity contribution in [2.75, 3.05) is 4.90 Å². The standard InChI is InChI=1S/C17H10BrCl2N3O3/c18-9-1-6-14(13(20)7-9)21-8-12-15(24)22-17(26)23(16(12)25)11-4-2-10(19)3-5-11/h1-8,12H,(H,22,24,26)/t12-/m0/s1. The summed E-state index contributed by atoms with van der Waals surface area (Å²) in [5.41, 5.74) is 0.690. The zero-order valence-electron chi connectivity index (χ0n) is 12.9. The minimum atomic E-state index is -1.26. The van der Waals surface area contributed by atoms with Crippen LogP contribution < -0.4 is 10.2 Å². The van der Waals surface area contributed by atoms with Gasteiger partial charge in [-0.05, 0) is 42.5 Å². The summed E-state index contributed by atoms with van der Waals surface area (Å²) in [6.45, 7) is 0. The maximum atomic E-state index is 12.7. The largest absolute Gasteiger partial charge is 0.335 e. The number of carbonyl (C=O) groups excluding carboxylic acids is 3. The Labute approximate surface area is 166 Å². The molecule has 0 aliphatic carbocycles. The number of aliphatic imine (C=N–C) groups is 1. The third-order valence-corrected chi connectivity index (χ3v) is 4.61. The van der Waals surface area contributed by atoms with Gasteiger partial charge in [-0.2, -0.15) is 0 Å². The predicted molar refractivity (Wildman–Crippen MR) is 103 cm³/mol. The van der Waals surface area contributed by atoms with Crippen molar-refractivity contribution in [1.82, 2.24) is 5.32 Å². The number of nitrogens with one attached hydrogen (secondary N) is 1. The Bertz CT molecular complexity index is 931. The van der Waals surface area contributed by atoms with Crippen molar-refractivity contribution in [2.45, 2.75) is 0 Å². The molecule has 6 nitrogen and oxygen atoms in total. The van der Waals surface area contributed by atoms with Crippen molar-refractivity contribution in [3.8, 4) is 0 Å². The van der Waals surface area contributed by atoms with E-state index in [-0.39, 0.29) is 0 Å². The van der Waals surface area contributed by atoms with Crippen LogP contribution in [0, 0.1) is 5.92 Å².